The second-order valence-corrected chi connectivity index (χ2v) is 4.57. The molecule has 0 radical (unpaired) electrons. The van der Waals surface area contributed by atoms with Crippen LogP contribution in [-0.2, 0) is 4.74 Å². The molecule has 1 saturated heterocycles. The molecule has 0 amide bonds. The predicted molar refractivity (Wildman–Crippen MR) is 66.1 cm³/mol. The molecule has 0 bridgehead atoms. The molecule has 1 heterocycles. The van der Waals surface area contributed by atoms with Gasteiger partial charge in [0.2, 0.25) is 5.96 Å². The Balaban J connectivity index is 2.52. The molecule has 16 heavy (non-hydrogen) atoms. The van der Waals surface area contributed by atoms with E-state index in [1.165, 1.54) is 12.8 Å². The van der Waals surface area contributed by atoms with E-state index in [0.29, 0.717) is 6.61 Å². The van der Waals surface area contributed by atoms with Gasteiger partial charge >= 0.3 is 0 Å². The Morgan fingerprint density at radius 2 is 2.19 bits per heavy atom. The van der Waals surface area contributed by atoms with Crippen LogP contribution in [0.5, 0.6) is 0 Å². The van der Waals surface area contributed by atoms with Gasteiger partial charge in [0.05, 0.1) is 12.6 Å². The van der Waals surface area contributed by atoms with Crippen molar-refractivity contribution in [1.82, 2.24) is 10.3 Å². The van der Waals surface area contributed by atoms with E-state index >= 15 is 0 Å². The lowest BCUT2D eigenvalue weighted by molar-refractivity contribution is 0.184. The number of piperidine rings is 1. The number of hydrogen-bond donors (Lipinski definition) is 2. The van der Waals surface area contributed by atoms with Gasteiger partial charge in [0.15, 0.2) is 0 Å². The first-order valence-electron chi connectivity index (χ1n) is 5.95. The fourth-order valence-electron chi connectivity index (χ4n) is 1.92. The smallest absolute Gasteiger partial charge is 0.208 e. The first-order chi connectivity index (χ1) is 7.67. The fraction of sp³-hybridized carbons (Fsp3) is 0.909. The van der Waals surface area contributed by atoms with Crippen molar-refractivity contribution in [3.8, 4) is 0 Å². The zero-order valence-electron chi connectivity index (χ0n) is 10.6. The Bertz CT molecular complexity index is 224. The van der Waals surface area contributed by atoms with Gasteiger partial charge in [-0.1, -0.05) is 6.92 Å². The predicted octanol–water partition coefficient (Wildman–Crippen LogP) is 0.573. The number of rotatable bonds is 3. The lowest BCUT2D eigenvalue weighted by atomic mass is 10.00. The average Bonchev–Trinajstić information content (AvgIpc) is 2.27. The molecule has 0 aromatic rings. The van der Waals surface area contributed by atoms with E-state index in [1.807, 2.05) is 6.92 Å². The van der Waals surface area contributed by atoms with Crippen LogP contribution in [0.15, 0.2) is 4.99 Å². The van der Waals surface area contributed by atoms with E-state index in [0.717, 1.165) is 25.0 Å². The molecule has 94 valence electrons. The third-order valence-electron chi connectivity index (χ3n) is 2.96. The van der Waals surface area contributed by atoms with Gasteiger partial charge in [-0.25, -0.2) is 10.8 Å². The molecule has 1 rings (SSSR count). The molecule has 1 atom stereocenters. The SMILES string of the molecule is COCC(C)N=C(NN)N1CCC(C)CC1. The third-order valence-corrected chi connectivity index (χ3v) is 2.96. The maximum absolute atomic E-state index is 5.52. The summed E-state index contributed by atoms with van der Waals surface area (Å²) in [6.07, 6.45) is 2.42. The highest BCUT2D eigenvalue weighted by Gasteiger charge is 2.18. The molecule has 0 aliphatic carbocycles. The van der Waals surface area contributed by atoms with Crippen LogP contribution in [0.4, 0.5) is 0 Å². The van der Waals surface area contributed by atoms with Crippen molar-refractivity contribution in [3.05, 3.63) is 0 Å². The molecule has 0 spiro atoms. The minimum Gasteiger partial charge on any atom is -0.382 e. The first-order valence-corrected chi connectivity index (χ1v) is 5.95. The van der Waals surface area contributed by atoms with E-state index < -0.39 is 0 Å². The van der Waals surface area contributed by atoms with Crippen LogP contribution in [0.3, 0.4) is 0 Å². The lowest BCUT2D eigenvalue weighted by Crippen LogP contribution is -2.48. The summed E-state index contributed by atoms with van der Waals surface area (Å²) < 4.78 is 5.06. The normalized spacial score (nSPS) is 21.0. The van der Waals surface area contributed by atoms with E-state index in [1.54, 1.807) is 7.11 Å². The number of hydrazine groups is 1. The maximum Gasteiger partial charge on any atom is 0.208 e. The molecule has 3 N–H and O–H groups in total. The van der Waals surface area contributed by atoms with Gasteiger partial charge in [-0.15, -0.1) is 0 Å². The Morgan fingerprint density at radius 3 is 2.69 bits per heavy atom. The van der Waals surface area contributed by atoms with Crippen LogP contribution < -0.4 is 11.3 Å². The summed E-state index contributed by atoms with van der Waals surface area (Å²) in [5.74, 6) is 7.12. The molecule has 5 heteroatoms. The standard InChI is InChI=1S/C11H24N4O/c1-9-4-6-15(7-5-9)11(14-12)13-10(2)8-16-3/h9-10H,4-8,12H2,1-3H3,(H,13,14). The zero-order valence-corrected chi connectivity index (χ0v) is 10.6. The number of hydrogen-bond acceptors (Lipinski definition) is 3. The number of nitrogens with one attached hydrogen (secondary N) is 1. The number of nitrogens with zero attached hydrogens (tertiary/aromatic N) is 2. The molecule has 5 nitrogen and oxygen atoms in total. The summed E-state index contributed by atoms with van der Waals surface area (Å²) in [6.45, 7) is 6.99. The van der Waals surface area contributed by atoms with E-state index in [-0.39, 0.29) is 6.04 Å². The highest BCUT2D eigenvalue weighted by molar-refractivity contribution is 5.79. The van der Waals surface area contributed by atoms with Crippen molar-refractivity contribution in [3.63, 3.8) is 0 Å². The van der Waals surface area contributed by atoms with Crippen molar-refractivity contribution >= 4 is 5.96 Å². The Labute approximate surface area is 98.0 Å². The van der Waals surface area contributed by atoms with Gasteiger partial charge < -0.3 is 9.64 Å². The second kappa shape index (κ2) is 6.70. The molecular formula is C11H24N4O. The van der Waals surface area contributed by atoms with Gasteiger partial charge in [-0.3, -0.25) is 5.43 Å². The number of aliphatic imine (C=N–C) groups is 1. The van der Waals surface area contributed by atoms with Crippen LogP contribution in [0.2, 0.25) is 0 Å². The Kier molecular flexibility index (Phi) is 5.55. The Morgan fingerprint density at radius 1 is 1.56 bits per heavy atom. The average molecular weight is 228 g/mol. The largest absolute Gasteiger partial charge is 0.382 e. The summed E-state index contributed by atoms with van der Waals surface area (Å²) in [4.78, 5) is 6.73. The highest BCUT2D eigenvalue weighted by Crippen LogP contribution is 2.15. The van der Waals surface area contributed by atoms with Gasteiger partial charge in [-0.05, 0) is 25.7 Å². The van der Waals surface area contributed by atoms with Crippen molar-refractivity contribution in [2.45, 2.75) is 32.7 Å². The lowest BCUT2D eigenvalue weighted by Gasteiger charge is -2.32. The highest BCUT2D eigenvalue weighted by atomic mass is 16.5. The number of guanidine groups is 1. The van der Waals surface area contributed by atoms with Gasteiger partial charge in [0.1, 0.15) is 0 Å². The quantitative estimate of drug-likeness (QED) is 0.321. The van der Waals surface area contributed by atoms with Crippen LogP contribution >= 0.6 is 0 Å². The van der Waals surface area contributed by atoms with E-state index in [9.17, 15) is 0 Å². The van der Waals surface area contributed by atoms with E-state index in [2.05, 4.69) is 22.2 Å². The molecule has 1 unspecified atom stereocenters. The first kappa shape index (κ1) is 13.3. The minimum absolute atomic E-state index is 0.135. The molecule has 0 saturated carbocycles. The number of likely N-dealkylation sites (tertiary alicyclic amines) is 1. The van der Waals surface area contributed by atoms with Crippen LogP contribution in [0, 0.1) is 5.92 Å². The monoisotopic (exact) mass is 228 g/mol. The van der Waals surface area contributed by atoms with Gasteiger partial charge in [0, 0.05) is 20.2 Å². The molecule has 1 aliphatic rings. The molecule has 1 aliphatic heterocycles. The molecular weight excluding hydrogens is 204 g/mol. The maximum atomic E-state index is 5.52. The van der Waals surface area contributed by atoms with Crippen LogP contribution in [0.1, 0.15) is 26.7 Å². The third kappa shape index (κ3) is 3.98. The summed E-state index contributed by atoms with van der Waals surface area (Å²) in [7, 11) is 1.68. The van der Waals surface area contributed by atoms with Gasteiger partial charge in [-0.2, -0.15) is 0 Å². The van der Waals surface area contributed by atoms with Crippen LogP contribution in [0.25, 0.3) is 0 Å². The summed E-state index contributed by atoms with van der Waals surface area (Å²) >= 11 is 0. The Hall–Kier alpha value is -0.810. The molecule has 0 aromatic heterocycles. The van der Waals surface area contributed by atoms with Crippen molar-refractivity contribution in [1.29, 1.82) is 0 Å². The van der Waals surface area contributed by atoms with Crippen molar-refractivity contribution in [2.24, 2.45) is 16.8 Å². The van der Waals surface area contributed by atoms with E-state index in [4.69, 9.17) is 10.6 Å². The van der Waals surface area contributed by atoms with Crippen molar-refractivity contribution < 1.29 is 4.74 Å². The summed E-state index contributed by atoms with van der Waals surface area (Å²) in [5, 5.41) is 0. The summed E-state index contributed by atoms with van der Waals surface area (Å²) in [5.41, 5.74) is 2.70. The van der Waals surface area contributed by atoms with Crippen LogP contribution in [-0.4, -0.2) is 43.7 Å². The minimum atomic E-state index is 0.135. The second-order valence-electron chi connectivity index (χ2n) is 4.57. The zero-order chi connectivity index (χ0) is 12.0. The number of methoxy groups -OCH3 is 1. The number of ether oxygens (including phenoxy) is 1. The topological polar surface area (TPSA) is 62.9 Å². The molecule has 0 aromatic carbocycles. The summed E-state index contributed by atoms with van der Waals surface area (Å²) in [6, 6.07) is 0.135. The fourth-order valence-corrected chi connectivity index (χ4v) is 1.92. The van der Waals surface area contributed by atoms with Gasteiger partial charge in [0.25, 0.3) is 0 Å². The number of nitrogens with two attached hydrogens (primary N) is 1. The van der Waals surface area contributed by atoms with Crippen molar-refractivity contribution in [2.75, 3.05) is 26.8 Å². The molecule has 1 fully saturated rings.